The van der Waals surface area contributed by atoms with Crippen LogP contribution >= 0.6 is 0 Å². The van der Waals surface area contributed by atoms with Crippen LogP contribution in [0.3, 0.4) is 0 Å². The van der Waals surface area contributed by atoms with Crippen molar-refractivity contribution < 1.29 is 18.7 Å². The number of amides is 1. The first kappa shape index (κ1) is 17.9. The first-order valence-corrected chi connectivity index (χ1v) is 9.76. The van der Waals surface area contributed by atoms with E-state index in [9.17, 15) is 4.79 Å². The Morgan fingerprint density at radius 2 is 2.31 bits per heavy atom. The number of benzene rings is 1. The van der Waals surface area contributed by atoms with E-state index >= 15 is 0 Å². The van der Waals surface area contributed by atoms with Crippen LogP contribution in [0, 0.1) is 0 Å². The summed E-state index contributed by atoms with van der Waals surface area (Å²) < 4.78 is 16.7. The van der Waals surface area contributed by atoms with Crippen molar-refractivity contribution in [1.82, 2.24) is 20.1 Å². The first-order chi connectivity index (χ1) is 14.2. The maximum Gasteiger partial charge on any atom is 0.258 e. The third-order valence-electron chi connectivity index (χ3n) is 5.54. The van der Waals surface area contributed by atoms with Crippen LogP contribution in [0.5, 0.6) is 5.75 Å². The second kappa shape index (κ2) is 7.36. The number of fused-ring (bicyclic) bond motifs is 1. The van der Waals surface area contributed by atoms with Crippen LogP contribution in [-0.4, -0.2) is 52.9 Å². The lowest BCUT2D eigenvalue weighted by Crippen LogP contribution is -2.35. The summed E-state index contributed by atoms with van der Waals surface area (Å²) in [4.78, 5) is 19.7. The number of rotatable bonds is 4. The van der Waals surface area contributed by atoms with Gasteiger partial charge in [0.25, 0.3) is 5.91 Å². The van der Waals surface area contributed by atoms with Gasteiger partial charge in [0.05, 0.1) is 43.6 Å². The van der Waals surface area contributed by atoms with Crippen LogP contribution in [0.2, 0.25) is 0 Å². The molecule has 150 valence electrons. The van der Waals surface area contributed by atoms with Crippen molar-refractivity contribution in [2.75, 3.05) is 26.9 Å². The van der Waals surface area contributed by atoms with E-state index in [4.69, 9.17) is 13.9 Å². The number of nitrogens with one attached hydrogen (secondary N) is 1. The van der Waals surface area contributed by atoms with Gasteiger partial charge in [-0.15, -0.1) is 0 Å². The smallest absolute Gasteiger partial charge is 0.258 e. The molecule has 5 rings (SSSR count). The standard InChI is InChI=1S/C21H22N4O4/c1-27-15-4-2-3-13(9-15)19-16(10-22-24-19)21(26)25-7-5-18-17(11-25)23-20(29-18)14-6-8-28-12-14/h2-4,9-10,14H,5-8,11-12H2,1H3,(H,22,24). The molecule has 1 aromatic carbocycles. The second-order valence-corrected chi connectivity index (χ2v) is 7.35. The molecule has 0 saturated carbocycles. The number of aromatic nitrogens is 3. The fourth-order valence-electron chi connectivity index (χ4n) is 3.91. The van der Waals surface area contributed by atoms with Gasteiger partial charge in [0, 0.05) is 25.1 Å². The van der Waals surface area contributed by atoms with Gasteiger partial charge in [0.1, 0.15) is 17.2 Å². The van der Waals surface area contributed by atoms with Gasteiger partial charge >= 0.3 is 0 Å². The fourth-order valence-corrected chi connectivity index (χ4v) is 3.91. The number of carbonyl (C=O) groups excluding carboxylic acids is 1. The average molecular weight is 394 g/mol. The summed E-state index contributed by atoms with van der Waals surface area (Å²) >= 11 is 0. The molecular weight excluding hydrogens is 372 g/mol. The third kappa shape index (κ3) is 3.29. The third-order valence-corrected chi connectivity index (χ3v) is 5.54. The lowest BCUT2D eigenvalue weighted by molar-refractivity contribution is 0.0728. The van der Waals surface area contributed by atoms with Gasteiger partial charge in [-0.2, -0.15) is 5.10 Å². The zero-order valence-electron chi connectivity index (χ0n) is 16.2. The van der Waals surface area contributed by atoms with E-state index < -0.39 is 0 Å². The highest BCUT2D eigenvalue weighted by Gasteiger charge is 2.31. The van der Waals surface area contributed by atoms with E-state index in [-0.39, 0.29) is 11.8 Å². The highest BCUT2D eigenvalue weighted by atomic mass is 16.5. The van der Waals surface area contributed by atoms with Crippen molar-refractivity contribution in [2.24, 2.45) is 0 Å². The van der Waals surface area contributed by atoms with E-state index in [1.54, 1.807) is 18.2 Å². The molecule has 1 saturated heterocycles. The van der Waals surface area contributed by atoms with Crippen LogP contribution in [-0.2, 0) is 17.7 Å². The maximum atomic E-state index is 13.2. The molecule has 0 bridgehead atoms. The maximum absolute atomic E-state index is 13.2. The summed E-state index contributed by atoms with van der Waals surface area (Å²) in [5.74, 6) is 2.50. The lowest BCUT2D eigenvalue weighted by Gasteiger charge is -2.25. The molecule has 0 radical (unpaired) electrons. The van der Waals surface area contributed by atoms with E-state index in [1.807, 2.05) is 24.3 Å². The Hall–Kier alpha value is -3.13. The normalized spacial score (nSPS) is 18.7. The summed E-state index contributed by atoms with van der Waals surface area (Å²) in [5.41, 5.74) is 2.92. The Bertz CT molecular complexity index is 1030. The number of H-pyrrole nitrogens is 1. The van der Waals surface area contributed by atoms with Crippen LogP contribution < -0.4 is 4.74 Å². The molecule has 2 aliphatic heterocycles. The molecule has 3 aromatic rings. The summed E-state index contributed by atoms with van der Waals surface area (Å²) in [6.07, 6.45) is 3.17. The van der Waals surface area contributed by atoms with Crippen molar-refractivity contribution >= 4 is 5.91 Å². The molecule has 8 nitrogen and oxygen atoms in total. The Balaban J connectivity index is 1.38. The van der Waals surface area contributed by atoms with Crippen LogP contribution in [0.25, 0.3) is 11.3 Å². The molecule has 1 amide bonds. The molecule has 2 aliphatic rings. The van der Waals surface area contributed by atoms with Gasteiger partial charge in [0.15, 0.2) is 5.89 Å². The molecule has 1 unspecified atom stereocenters. The summed E-state index contributed by atoms with van der Waals surface area (Å²) in [6, 6.07) is 7.56. The van der Waals surface area contributed by atoms with E-state index in [2.05, 4.69) is 15.2 Å². The zero-order valence-corrected chi connectivity index (χ0v) is 16.2. The Kier molecular flexibility index (Phi) is 4.55. The fraction of sp³-hybridized carbons (Fsp3) is 0.381. The Morgan fingerprint density at radius 3 is 3.14 bits per heavy atom. The minimum Gasteiger partial charge on any atom is -0.497 e. The van der Waals surface area contributed by atoms with Crippen molar-refractivity contribution in [3.05, 3.63) is 53.4 Å². The monoisotopic (exact) mass is 394 g/mol. The van der Waals surface area contributed by atoms with Gasteiger partial charge < -0.3 is 18.8 Å². The van der Waals surface area contributed by atoms with Gasteiger partial charge in [-0.25, -0.2) is 4.98 Å². The van der Waals surface area contributed by atoms with Crippen LogP contribution in [0.4, 0.5) is 0 Å². The summed E-state index contributed by atoms with van der Waals surface area (Å²) in [5, 5.41) is 7.06. The molecule has 4 heterocycles. The largest absolute Gasteiger partial charge is 0.497 e. The molecule has 0 aliphatic carbocycles. The number of oxazole rings is 1. The minimum atomic E-state index is -0.0732. The van der Waals surface area contributed by atoms with Crippen molar-refractivity contribution in [3.63, 3.8) is 0 Å². The van der Waals surface area contributed by atoms with E-state index in [0.717, 1.165) is 41.7 Å². The van der Waals surface area contributed by atoms with Gasteiger partial charge in [-0.3, -0.25) is 9.89 Å². The zero-order chi connectivity index (χ0) is 19.8. The summed E-state index contributed by atoms with van der Waals surface area (Å²) in [7, 11) is 1.62. The van der Waals surface area contributed by atoms with Crippen LogP contribution in [0.15, 0.2) is 34.9 Å². The summed E-state index contributed by atoms with van der Waals surface area (Å²) in [6.45, 7) is 2.43. The predicted octanol–water partition coefficient (Wildman–Crippen LogP) is 2.78. The molecule has 0 spiro atoms. The SMILES string of the molecule is COc1cccc(-c2[nH]ncc2C(=O)N2CCc3oc(C4CCOC4)nc3C2)c1. The molecule has 1 fully saturated rings. The van der Waals surface area contributed by atoms with Crippen molar-refractivity contribution in [3.8, 4) is 17.0 Å². The van der Waals surface area contributed by atoms with Gasteiger partial charge in [0.2, 0.25) is 0 Å². The molecular formula is C21H22N4O4. The number of hydrogen-bond acceptors (Lipinski definition) is 6. The highest BCUT2D eigenvalue weighted by molar-refractivity contribution is 5.99. The number of ether oxygens (including phenoxy) is 2. The minimum absolute atomic E-state index is 0.0732. The lowest BCUT2D eigenvalue weighted by atomic mass is 10.1. The Morgan fingerprint density at radius 1 is 1.38 bits per heavy atom. The average Bonchev–Trinajstić information content (AvgIpc) is 3.52. The molecule has 1 N–H and O–H groups in total. The molecule has 2 aromatic heterocycles. The number of aromatic amines is 1. The number of hydrogen-bond donors (Lipinski definition) is 1. The van der Waals surface area contributed by atoms with Crippen molar-refractivity contribution in [1.29, 1.82) is 0 Å². The number of nitrogens with zero attached hydrogens (tertiary/aromatic N) is 3. The highest BCUT2D eigenvalue weighted by Crippen LogP contribution is 2.30. The number of carbonyl (C=O) groups is 1. The van der Waals surface area contributed by atoms with Crippen LogP contribution in [0.1, 0.15) is 40.0 Å². The topological polar surface area (TPSA) is 93.5 Å². The Labute approximate surface area is 167 Å². The van der Waals surface area contributed by atoms with E-state index in [0.29, 0.717) is 37.4 Å². The predicted molar refractivity (Wildman–Crippen MR) is 104 cm³/mol. The second-order valence-electron chi connectivity index (χ2n) is 7.35. The molecule has 29 heavy (non-hydrogen) atoms. The molecule has 8 heteroatoms. The van der Waals surface area contributed by atoms with Gasteiger partial charge in [-0.1, -0.05) is 12.1 Å². The quantitative estimate of drug-likeness (QED) is 0.731. The first-order valence-electron chi connectivity index (χ1n) is 9.76. The molecule has 1 atom stereocenters. The van der Waals surface area contributed by atoms with Gasteiger partial charge in [-0.05, 0) is 18.6 Å². The van der Waals surface area contributed by atoms with E-state index in [1.165, 1.54) is 0 Å². The van der Waals surface area contributed by atoms with Crippen molar-refractivity contribution in [2.45, 2.75) is 25.3 Å². The number of methoxy groups -OCH3 is 1.